The van der Waals surface area contributed by atoms with Crippen LogP contribution in [0.4, 0.5) is 0 Å². The fourth-order valence-electron chi connectivity index (χ4n) is 13.2. The van der Waals surface area contributed by atoms with Crippen molar-refractivity contribution < 1.29 is 136 Å². The Morgan fingerprint density at radius 2 is 0.873 bits per heavy atom. The van der Waals surface area contributed by atoms with E-state index in [0.29, 0.717) is 11.3 Å². The summed E-state index contributed by atoms with van der Waals surface area (Å²) in [6, 6.07) is -14.1. The Morgan fingerprint density at radius 3 is 1.34 bits per heavy atom. The molecule has 0 radical (unpaired) electrons. The molecule has 0 unspecified atom stereocenters. The van der Waals surface area contributed by atoms with E-state index in [1.165, 1.54) is 48.6 Å². The molecule has 16 amide bonds. The van der Waals surface area contributed by atoms with Crippen LogP contribution in [0.25, 0.3) is 0 Å². The lowest BCUT2D eigenvalue weighted by molar-refractivity contribution is -0.143. The number of benzene rings is 2. The molecule has 736 valence electrons. The van der Waals surface area contributed by atoms with Gasteiger partial charge in [0.1, 0.15) is 90.3 Å². The number of carbonyl (C=O) groups excluding carboxylic acids is 16. The second-order valence-electron chi connectivity index (χ2n) is 31.0. The summed E-state index contributed by atoms with van der Waals surface area (Å²) < 4.78 is 0. The predicted octanol–water partition coefficient (Wildman–Crippen LogP) is -10.1. The molecule has 35 N–H and O–H groups in total. The van der Waals surface area contributed by atoms with Gasteiger partial charge in [-0.15, -0.1) is 0 Å². The van der Waals surface area contributed by atoms with Gasteiger partial charge in [-0.25, -0.2) is 9.78 Å². The first-order valence-corrected chi connectivity index (χ1v) is 43.3. The van der Waals surface area contributed by atoms with Crippen molar-refractivity contribution in [3.8, 4) is 5.75 Å². The van der Waals surface area contributed by atoms with Gasteiger partial charge in [-0.1, -0.05) is 42.5 Å². The van der Waals surface area contributed by atoms with E-state index < -0.39 is 304 Å². The standard InChI is InChI=1S/C80H117N25O28S/c1-38(92-70(124)53(34-61(114)115)102-72(126)51(31-41-15-17-43(107)18-16-41)100-71(125)50(30-40-10-5-4-6-11-40)101-74(128)54(35-62(116)117)99-65(119)44(81)25-29-134-3)64(118)98-52(33-58(83)109)73(127)94-48(21-24-60(112)113)69(123)104-63(39(2)106)76(130)96-45(12-7-26-89-79(84)85)66(120)103-55(32-42-36-88-37-91-42)77(131)105-28-9-14-56(105)75(129)95-47(20-23-59(110)111)67(121)93-46(19-22-57(82)108)68(122)97-49(78(132)133)13-8-27-90-80(86)87/h4-6,10-11,15-18,36-39,44-56,63,106-107H,7-9,12-14,19-35,81H2,1-3H3,(H2,82,108)(H2,83,109)(H,88,91)(H,92,124)(H,93,121)(H,94,127)(H,95,129)(H,96,130)(H,97,122)(H,98,118)(H,99,119)(H,100,125)(H,101,128)(H,102,126)(H,103,120)(H,104,123)(H,110,111)(H,112,113)(H,114,115)(H,116,117)(H,132,133)(H4,84,85,89)(H4,86,87,90)/t38-,39+,44-,45-,46-,47-,48-,49-,50-,51-,52-,53-,54-,55-,56-,63-/m0/s1. The third kappa shape index (κ3) is 40.6. The number of nitrogens with zero attached hydrogens (tertiary/aromatic N) is 4. The maximum Gasteiger partial charge on any atom is 0.326 e. The van der Waals surface area contributed by atoms with Crippen LogP contribution < -0.4 is 109 Å². The molecular formula is C80H117N25O28S. The number of imidazole rings is 1. The average Bonchev–Trinajstić information content (AvgIpc) is 1.69. The van der Waals surface area contributed by atoms with Crippen molar-refractivity contribution in [3.63, 3.8) is 0 Å². The molecule has 0 aliphatic carbocycles. The van der Waals surface area contributed by atoms with Gasteiger partial charge in [-0.3, -0.25) is 106 Å². The van der Waals surface area contributed by atoms with E-state index in [4.69, 9.17) is 40.1 Å². The summed E-state index contributed by atoms with van der Waals surface area (Å²) in [6.07, 6.45) is -7.28. The number of aliphatic imine (C=N–C) groups is 2. The van der Waals surface area contributed by atoms with Gasteiger partial charge in [0, 0.05) is 64.4 Å². The SMILES string of the molecule is CSCC[C@H](N)C(=O)N[C@@H](CC(=O)O)C(=O)N[C@@H](Cc1ccccc1)C(=O)N[C@@H](Cc1ccc(O)cc1)C(=O)N[C@@H](CC(=O)O)C(=O)N[C@@H](C)C(=O)N[C@@H](CC(N)=O)C(=O)N[C@@H](CCC(=O)O)C(=O)N[C@H](C(=O)N[C@@H](CCCN=C(N)N)C(=O)N[C@@H](Cc1c[nH]cn1)C(=O)N1CCC[C@H]1C(=O)N[C@@H](CCC(=O)O)C(=O)N[C@@H](CCC(N)=O)C(=O)N[C@@H](CCCN=C(N)N)C(=O)O)[C@@H](C)O. The van der Waals surface area contributed by atoms with Gasteiger partial charge < -0.3 is 155 Å². The number of primary amides is 2. The molecule has 53 nitrogen and oxygen atoms in total. The number of carboxylic acid groups (broad SMARTS) is 5. The van der Waals surface area contributed by atoms with Crippen LogP contribution >= 0.6 is 11.8 Å². The fraction of sp³-hybridized carbons (Fsp3) is 0.525. The molecule has 1 aromatic heterocycles. The highest BCUT2D eigenvalue weighted by Crippen LogP contribution is 2.22. The van der Waals surface area contributed by atoms with Crippen LogP contribution in [-0.2, 0) is 120 Å². The molecule has 1 fully saturated rings. The van der Waals surface area contributed by atoms with E-state index in [1.54, 1.807) is 36.6 Å². The summed E-state index contributed by atoms with van der Waals surface area (Å²) in [5.74, 6) is -27.8. The molecule has 2 heterocycles. The van der Waals surface area contributed by atoms with Crippen molar-refractivity contribution in [2.45, 2.75) is 233 Å². The topological polar surface area (TPSA) is 895 Å². The number of phenolic OH excluding ortho intramolecular Hbond substituents is 1. The second kappa shape index (κ2) is 56.7. The molecule has 0 saturated carbocycles. The van der Waals surface area contributed by atoms with E-state index in [1.807, 2.05) is 0 Å². The van der Waals surface area contributed by atoms with Gasteiger partial charge >= 0.3 is 29.8 Å². The number of nitrogens with one attached hydrogen (secondary N) is 14. The van der Waals surface area contributed by atoms with Gasteiger partial charge in [-0.05, 0) is 113 Å². The van der Waals surface area contributed by atoms with Gasteiger partial charge in [0.15, 0.2) is 11.9 Å². The number of phenols is 1. The first-order chi connectivity index (χ1) is 63.2. The zero-order valence-electron chi connectivity index (χ0n) is 73.3. The maximum absolute atomic E-state index is 15.0. The molecule has 1 saturated heterocycles. The number of H-pyrrole nitrogens is 1. The number of amides is 16. The average molecular weight is 1910 g/mol. The Balaban J connectivity index is 1.61. The van der Waals surface area contributed by atoms with Crippen LogP contribution in [0.3, 0.4) is 0 Å². The number of likely N-dealkylation sites (tertiary alicyclic amines) is 1. The summed E-state index contributed by atoms with van der Waals surface area (Å²) >= 11 is 1.36. The van der Waals surface area contributed by atoms with Crippen LogP contribution in [0.15, 0.2) is 77.1 Å². The molecular weight excluding hydrogens is 1790 g/mol. The van der Waals surface area contributed by atoms with E-state index >= 15 is 0 Å². The minimum absolute atomic E-state index is 0.0390. The highest BCUT2D eigenvalue weighted by atomic mass is 32.2. The summed E-state index contributed by atoms with van der Waals surface area (Å²) in [5.41, 5.74) is 39.4. The minimum atomic E-state index is -2.16. The Hall–Kier alpha value is -14.9. The van der Waals surface area contributed by atoms with Gasteiger partial charge in [0.25, 0.3) is 0 Å². The maximum atomic E-state index is 15.0. The van der Waals surface area contributed by atoms with Gasteiger partial charge in [0.2, 0.25) is 94.5 Å². The molecule has 54 heteroatoms. The Morgan fingerprint density at radius 1 is 0.455 bits per heavy atom. The largest absolute Gasteiger partial charge is 0.508 e. The van der Waals surface area contributed by atoms with Crippen LogP contribution in [0.2, 0.25) is 0 Å². The number of aliphatic carboxylic acids is 5. The number of hydrogen-bond acceptors (Lipinski definition) is 28. The monoisotopic (exact) mass is 1910 g/mol. The number of aromatic amines is 1. The minimum Gasteiger partial charge on any atom is -0.508 e. The number of hydrogen-bond donors (Lipinski definition) is 28. The molecule has 0 spiro atoms. The van der Waals surface area contributed by atoms with E-state index in [0.717, 1.165) is 18.7 Å². The van der Waals surface area contributed by atoms with Crippen LogP contribution in [0, 0.1) is 0 Å². The lowest BCUT2D eigenvalue weighted by Gasteiger charge is -2.31. The summed E-state index contributed by atoms with van der Waals surface area (Å²) in [6.45, 7) is 1.48. The first kappa shape index (κ1) is 111. The van der Waals surface area contributed by atoms with Crippen LogP contribution in [0.1, 0.15) is 133 Å². The van der Waals surface area contributed by atoms with Crippen LogP contribution in [0.5, 0.6) is 5.75 Å². The van der Waals surface area contributed by atoms with Crippen molar-refractivity contribution in [2.24, 2.45) is 50.1 Å². The molecule has 134 heavy (non-hydrogen) atoms. The lowest BCUT2D eigenvalue weighted by atomic mass is 10.0. The van der Waals surface area contributed by atoms with E-state index in [9.17, 15) is 136 Å². The van der Waals surface area contributed by atoms with Crippen LogP contribution in [-0.4, -0.2) is 315 Å². The summed E-state index contributed by atoms with van der Waals surface area (Å²) in [5, 5.41) is 100. The Kier molecular flexibility index (Phi) is 47.1. The summed E-state index contributed by atoms with van der Waals surface area (Å²) in [7, 11) is 0. The molecule has 16 atom stereocenters. The number of thioether (sulfide) groups is 1. The lowest BCUT2D eigenvalue weighted by Crippen LogP contribution is -2.62. The number of aromatic hydroxyl groups is 1. The molecule has 4 rings (SSSR count). The first-order valence-electron chi connectivity index (χ1n) is 41.9. The van der Waals surface area contributed by atoms with Gasteiger partial charge in [0.05, 0.1) is 43.4 Å². The number of aliphatic hydroxyl groups is 1. The van der Waals surface area contributed by atoms with Crippen molar-refractivity contribution in [2.75, 3.05) is 31.6 Å². The zero-order chi connectivity index (χ0) is 100. The Bertz CT molecular complexity index is 4680. The van der Waals surface area contributed by atoms with Crippen molar-refractivity contribution in [1.29, 1.82) is 0 Å². The highest BCUT2D eigenvalue weighted by Gasteiger charge is 2.43. The second-order valence-corrected chi connectivity index (χ2v) is 32.0. The van der Waals surface area contributed by atoms with Crippen molar-refractivity contribution in [1.82, 2.24) is 84.0 Å². The van der Waals surface area contributed by atoms with E-state index in [-0.39, 0.29) is 87.5 Å². The number of nitrogens with two attached hydrogens (primary N) is 7. The van der Waals surface area contributed by atoms with Crippen molar-refractivity contribution >= 4 is 148 Å². The quantitative estimate of drug-likeness (QED) is 0.0142. The normalized spacial score (nSPS) is 15.4. The molecule has 3 aromatic rings. The zero-order valence-corrected chi connectivity index (χ0v) is 74.1. The van der Waals surface area contributed by atoms with Gasteiger partial charge in [-0.2, -0.15) is 11.8 Å². The number of aromatic nitrogens is 2. The van der Waals surface area contributed by atoms with Crippen molar-refractivity contribution in [3.05, 3.63) is 83.9 Å². The fourth-order valence-corrected chi connectivity index (χ4v) is 13.7. The number of guanidine groups is 2. The number of rotatable bonds is 61. The van der Waals surface area contributed by atoms with E-state index in [2.05, 4.69) is 89.1 Å². The molecule has 0 bridgehead atoms. The Labute approximate surface area is 769 Å². The predicted molar refractivity (Wildman–Crippen MR) is 470 cm³/mol. The third-order valence-electron chi connectivity index (χ3n) is 20.2. The number of carboxylic acids is 5. The molecule has 1 aliphatic rings. The number of aliphatic hydroxyl groups excluding tert-OH is 1. The highest BCUT2D eigenvalue weighted by molar-refractivity contribution is 7.98. The smallest absolute Gasteiger partial charge is 0.326 e. The number of carbonyl (C=O) groups is 21. The molecule has 2 aromatic carbocycles. The molecule has 1 aliphatic heterocycles. The third-order valence-corrected chi connectivity index (χ3v) is 20.8. The summed E-state index contributed by atoms with van der Waals surface area (Å²) in [4.78, 5) is 300.